The van der Waals surface area contributed by atoms with Crippen molar-refractivity contribution in [2.24, 2.45) is 34.8 Å². The molecule has 1 saturated carbocycles. The molecule has 1 aliphatic carbocycles. The first kappa shape index (κ1) is 27.7. The first-order valence-corrected chi connectivity index (χ1v) is 12.3. The molecule has 0 aromatic carbocycles. The van der Waals surface area contributed by atoms with Crippen molar-refractivity contribution in [2.75, 3.05) is 13.1 Å². The maximum atomic E-state index is 13.9. The van der Waals surface area contributed by atoms with E-state index in [0.29, 0.717) is 32.2 Å². The van der Waals surface area contributed by atoms with E-state index in [1.54, 1.807) is 0 Å². The average molecular weight is 514 g/mol. The van der Waals surface area contributed by atoms with Gasteiger partial charge in [-0.3, -0.25) is 19.2 Å². The van der Waals surface area contributed by atoms with Crippen molar-refractivity contribution in [1.82, 2.24) is 15.5 Å². The fourth-order valence-corrected chi connectivity index (χ4v) is 6.32. The summed E-state index contributed by atoms with van der Waals surface area (Å²) in [6, 6.07) is 0.509. The van der Waals surface area contributed by atoms with E-state index in [2.05, 4.69) is 11.4 Å². The third-order valence-corrected chi connectivity index (χ3v) is 8.00. The summed E-state index contributed by atoms with van der Waals surface area (Å²) < 4.78 is 39.3. The lowest BCUT2D eigenvalue weighted by Crippen LogP contribution is -2.68. The maximum absolute atomic E-state index is 13.9. The van der Waals surface area contributed by atoms with Gasteiger partial charge in [-0.25, -0.2) is 0 Å². The van der Waals surface area contributed by atoms with Gasteiger partial charge in [0.1, 0.15) is 11.6 Å². The second kappa shape index (κ2) is 9.90. The topological polar surface area (TPSA) is 145 Å². The van der Waals surface area contributed by atoms with E-state index in [-0.39, 0.29) is 24.8 Å². The zero-order valence-corrected chi connectivity index (χ0v) is 20.8. The lowest BCUT2D eigenvalue weighted by molar-refractivity contribution is -0.176. The molecule has 12 heteroatoms. The predicted molar refractivity (Wildman–Crippen MR) is 121 cm³/mol. The molecule has 3 unspecified atom stereocenters. The molecule has 0 bridgehead atoms. The highest BCUT2D eigenvalue weighted by Crippen LogP contribution is 2.53. The molecule has 2 aliphatic heterocycles. The van der Waals surface area contributed by atoms with Crippen LogP contribution < -0.4 is 16.4 Å². The molecule has 6 atom stereocenters. The molecule has 2 saturated heterocycles. The smallest absolute Gasteiger partial charge is 0.368 e. The number of rotatable bonds is 6. The second-order valence-electron chi connectivity index (χ2n) is 11.3. The number of hydrogen-bond acceptors (Lipinski definition) is 5. The van der Waals surface area contributed by atoms with Gasteiger partial charge in [-0.15, -0.1) is 0 Å². The summed E-state index contributed by atoms with van der Waals surface area (Å²) >= 11 is 0. The number of halogens is 3. The monoisotopic (exact) mass is 513 g/mol. The van der Waals surface area contributed by atoms with E-state index in [1.807, 2.05) is 5.32 Å². The number of carbonyl (C=O) groups is 4. The van der Waals surface area contributed by atoms with Gasteiger partial charge >= 0.3 is 12.1 Å². The van der Waals surface area contributed by atoms with E-state index in [0.717, 1.165) is 11.3 Å². The van der Waals surface area contributed by atoms with Crippen LogP contribution in [0.4, 0.5) is 13.2 Å². The molecule has 4 amide bonds. The highest BCUT2D eigenvalue weighted by atomic mass is 19.4. The Morgan fingerprint density at radius 3 is 2.42 bits per heavy atom. The zero-order chi connectivity index (χ0) is 27.1. The van der Waals surface area contributed by atoms with Crippen molar-refractivity contribution >= 4 is 23.6 Å². The fourth-order valence-electron chi connectivity index (χ4n) is 6.32. The van der Waals surface area contributed by atoms with Gasteiger partial charge in [0.05, 0.1) is 12.0 Å². The van der Waals surface area contributed by atoms with E-state index < -0.39 is 58.6 Å². The molecular formula is C24H34F3N5O4. The number of carbonyl (C=O) groups excluding carboxylic acids is 4. The maximum Gasteiger partial charge on any atom is 0.471 e. The Kier molecular flexibility index (Phi) is 7.63. The van der Waals surface area contributed by atoms with Crippen molar-refractivity contribution in [2.45, 2.75) is 77.1 Å². The summed E-state index contributed by atoms with van der Waals surface area (Å²) in [5, 5.41) is 14.8. The average Bonchev–Trinajstić information content (AvgIpc) is 3.35. The molecule has 2 heterocycles. The normalized spacial score (nSPS) is 30.1. The highest BCUT2D eigenvalue weighted by molar-refractivity contribution is 5.96. The minimum atomic E-state index is -5.21. The third kappa shape index (κ3) is 4.89. The number of amides is 4. The first-order valence-electron chi connectivity index (χ1n) is 12.3. The molecule has 36 heavy (non-hydrogen) atoms. The second-order valence-corrected chi connectivity index (χ2v) is 11.3. The van der Waals surface area contributed by atoms with Crippen LogP contribution in [0.15, 0.2) is 0 Å². The van der Waals surface area contributed by atoms with E-state index in [1.165, 1.54) is 20.8 Å². The molecule has 3 rings (SSSR count). The number of piperidine rings is 1. The largest absolute Gasteiger partial charge is 0.471 e. The zero-order valence-electron chi connectivity index (χ0n) is 20.8. The third-order valence-electron chi connectivity index (χ3n) is 8.00. The summed E-state index contributed by atoms with van der Waals surface area (Å²) in [5.41, 5.74) is 3.02. The van der Waals surface area contributed by atoms with E-state index >= 15 is 0 Å². The Balaban J connectivity index is 2.07. The predicted octanol–water partition coefficient (Wildman–Crippen LogP) is 1.62. The van der Waals surface area contributed by atoms with Crippen molar-refractivity contribution in [3.63, 3.8) is 0 Å². The van der Waals surface area contributed by atoms with E-state index in [4.69, 9.17) is 5.73 Å². The van der Waals surface area contributed by atoms with Crippen LogP contribution in [0.3, 0.4) is 0 Å². The van der Waals surface area contributed by atoms with Crippen LogP contribution >= 0.6 is 0 Å². The SMILES string of the molecule is CC(C)(C)[C@H](NC(=O)C(F)(F)F)C(=O)N1CC2CCCC2C1(C(N)=O)[C@@H](C#N)C[C@@H]1CCCNC1=O. The number of fused-ring (bicyclic) bond motifs is 1. The van der Waals surface area contributed by atoms with Gasteiger partial charge in [0, 0.05) is 19.0 Å². The molecule has 0 aromatic rings. The Morgan fingerprint density at radius 2 is 1.89 bits per heavy atom. The standard InChI is InChI=1S/C24H34F3N5O4/c1-22(2,3)17(31-21(36)24(25,26)27)19(34)32-12-14-6-4-8-16(14)23(32,20(29)35)15(11-28)10-13-7-5-9-30-18(13)33/h13-17H,4-10,12H2,1-3H3,(H2,29,35)(H,30,33)(H,31,36)/t13-,14?,15+,16?,17+,23?/m0/s1. The van der Waals surface area contributed by atoms with Gasteiger partial charge in [-0.05, 0) is 49.4 Å². The van der Waals surface area contributed by atoms with Gasteiger partial charge in [-0.2, -0.15) is 18.4 Å². The van der Waals surface area contributed by atoms with Gasteiger partial charge in [0.15, 0.2) is 0 Å². The fraction of sp³-hybridized carbons (Fsp3) is 0.792. The lowest BCUT2D eigenvalue weighted by Gasteiger charge is -2.46. The first-order chi connectivity index (χ1) is 16.6. The summed E-state index contributed by atoms with van der Waals surface area (Å²) in [6.07, 6.45) is -2.08. The van der Waals surface area contributed by atoms with Crippen molar-refractivity contribution in [3.8, 4) is 6.07 Å². The van der Waals surface area contributed by atoms with Crippen LogP contribution in [-0.2, 0) is 19.2 Å². The molecule has 0 radical (unpaired) electrons. The molecule has 200 valence electrons. The highest BCUT2D eigenvalue weighted by Gasteiger charge is 2.65. The number of likely N-dealkylation sites (tertiary alicyclic amines) is 1. The summed E-state index contributed by atoms with van der Waals surface area (Å²) in [5.74, 6) is -6.64. The number of alkyl halides is 3. The number of hydrogen-bond donors (Lipinski definition) is 3. The van der Waals surface area contributed by atoms with Crippen molar-refractivity contribution in [3.05, 3.63) is 0 Å². The number of primary amides is 1. The Labute approximate surface area is 208 Å². The molecule has 3 aliphatic rings. The van der Waals surface area contributed by atoms with Gasteiger partial charge < -0.3 is 21.3 Å². The minimum absolute atomic E-state index is 0.00658. The van der Waals surface area contributed by atoms with Crippen LogP contribution in [0.25, 0.3) is 0 Å². The lowest BCUT2D eigenvalue weighted by atomic mass is 9.68. The van der Waals surface area contributed by atoms with Gasteiger partial charge in [-0.1, -0.05) is 27.2 Å². The van der Waals surface area contributed by atoms with Crippen LogP contribution in [-0.4, -0.2) is 59.4 Å². The van der Waals surface area contributed by atoms with Crippen LogP contribution in [0.5, 0.6) is 0 Å². The minimum Gasteiger partial charge on any atom is -0.368 e. The molecule has 9 nitrogen and oxygen atoms in total. The molecule has 4 N–H and O–H groups in total. The van der Waals surface area contributed by atoms with Gasteiger partial charge in [0.25, 0.3) is 0 Å². The van der Waals surface area contributed by atoms with Crippen LogP contribution in [0.1, 0.15) is 59.3 Å². The molecule has 0 spiro atoms. The van der Waals surface area contributed by atoms with Crippen LogP contribution in [0, 0.1) is 40.4 Å². The Bertz CT molecular complexity index is 957. The summed E-state index contributed by atoms with van der Waals surface area (Å²) in [4.78, 5) is 52.6. The number of nitrogens with two attached hydrogens (primary N) is 1. The van der Waals surface area contributed by atoms with Crippen LogP contribution in [0.2, 0.25) is 0 Å². The molecule has 0 aromatic heterocycles. The van der Waals surface area contributed by atoms with E-state index in [9.17, 15) is 37.6 Å². The summed E-state index contributed by atoms with van der Waals surface area (Å²) in [7, 11) is 0. The Hall–Kier alpha value is -2.84. The van der Waals surface area contributed by atoms with Crippen molar-refractivity contribution in [1.29, 1.82) is 5.26 Å². The van der Waals surface area contributed by atoms with Gasteiger partial charge in [0.2, 0.25) is 17.7 Å². The number of nitrogens with zero attached hydrogens (tertiary/aromatic N) is 2. The Morgan fingerprint density at radius 1 is 1.22 bits per heavy atom. The quantitative estimate of drug-likeness (QED) is 0.494. The van der Waals surface area contributed by atoms with Crippen molar-refractivity contribution < 1.29 is 32.3 Å². The molecular weight excluding hydrogens is 479 g/mol. The number of nitriles is 1. The summed E-state index contributed by atoms with van der Waals surface area (Å²) in [6.45, 7) is 5.06. The number of nitrogens with one attached hydrogen (secondary N) is 2. The molecule has 3 fully saturated rings.